The van der Waals surface area contributed by atoms with E-state index in [4.69, 9.17) is 9.47 Å². The fourth-order valence-corrected chi connectivity index (χ4v) is 1.77. The van der Waals surface area contributed by atoms with Gasteiger partial charge in [0.25, 0.3) is 5.56 Å². The van der Waals surface area contributed by atoms with Crippen LogP contribution in [0.4, 0.5) is 0 Å². The zero-order valence-corrected chi connectivity index (χ0v) is 11.1. The first-order valence-corrected chi connectivity index (χ1v) is 6.00. The van der Waals surface area contributed by atoms with Crippen LogP contribution in [-0.4, -0.2) is 23.2 Å². The molecular weight excluding hydrogens is 244 g/mol. The lowest BCUT2D eigenvalue weighted by Crippen LogP contribution is -2.11. The second kappa shape index (κ2) is 5.56. The van der Waals surface area contributed by atoms with E-state index in [1.807, 2.05) is 38.1 Å². The molecule has 100 valence electrons. The van der Waals surface area contributed by atoms with E-state index in [1.165, 1.54) is 13.4 Å². The van der Waals surface area contributed by atoms with Crippen molar-refractivity contribution in [1.29, 1.82) is 0 Å². The first-order chi connectivity index (χ1) is 9.11. The molecule has 0 atom stereocenters. The summed E-state index contributed by atoms with van der Waals surface area (Å²) < 4.78 is 10.7. The monoisotopic (exact) mass is 260 g/mol. The molecule has 5 nitrogen and oxygen atoms in total. The van der Waals surface area contributed by atoms with Gasteiger partial charge >= 0.3 is 0 Å². The van der Waals surface area contributed by atoms with Crippen LogP contribution in [0.2, 0.25) is 0 Å². The summed E-state index contributed by atoms with van der Waals surface area (Å²) in [7, 11) is 1.45. The van der Waals surface area contributed by atoms with Gasteiger partial charge < -0.3 is 14.5 Å². The highest BCUT2D eigenvalue weighted by Gasteiger charge is 2.12. The summed E-state index contributed by atoms with van der Waals surface area (Å²) in [5.41, 5.74) is 0.976. The predicted molar refractivity (Wildman–Crippen MR) is 72.6 cm³/mol. The molecule has 5 heteroatoms. The largest absolute Gasteiger partial charge is 0.491 e. The van der Waals surface area contributed by atoms with Crippen molar-refractivity contribution in [2.75, 3.05) is 7.11 Å². The molecule has 1 aromatic carbocycles. The van der Waals surface area contributed by atoms with E-state index in [-0.39, 0.29) is 17.4 Å². The molecule has 2 rings (SSSR count). The average Bonchev–Trinajstić information content (AvgIpc) is 2.38. The third-order valence-electron chi connectivity index (χ3n) is 2.49. The maximum Gasteiger partial charge on any atom is 0.293 e. The third kappa shape index (κ3) is 2.93. The zero-order chi connectivity index (χ0) is 13.8. The van der Waals surface area contributed by atoms with Crippen LogP contribution >= 0.6 is 0 Å². The highest BCUT2D eigenvalue weighted by Crippen LogP contribution is 2.27. The molecule has 0 bridgehead atoms. The van der Waals surface area contributed by atoms with Gasteiger partial charge in [-0.3, -0.25) is 4.79 Å². The van der Waals surface area contributed by atoms with Crippen LogP contribution in [-0.2, 0) is 0 Å². The van der Waals surface area contributed by atoms with Crippen molar-refractivity contribution in [2.24, 2.45) is 0 Å². The Morgan fingerprint density at radius 3 is 2.79 bits per heavy atom. The summed E-state index contributed by atoms with van der Waals surface area (Å²) in [6, 6.07) is 7.42. The Kier molecular flexibility index (Phi) is 3.85. The Bertz CT molecular complexity index is 620. The number of hydrogen-bond acceptors (Lipinski definition) is 4. The van der Waals surface area contributed by atoms with Crippen LogP contribution in [0.1, 0.15) is 13.8 Å². The maximum atomic E-state index is 11.7. The molecule has 1 N–H and O–H groups in total. The van der Waals surface area contributed by atoms with Crippen molar-refractivity contribution in [3.8, 4) is 22.8 Å². The number of ether oxygens (including phenoxy) is 2. The molecule has 0 radical (unpaired) electrons. The van der Waals surface area contributed by atoms with Gasteiger partial charge in [-0.2, -0.15) is 0 Å². The molecular formula is C14H16N2O3. The molecule has 2 aromatic rings. The van der Waals surface area contributed by atoms with Gasteiger partial charge in [0.1, 0.15) is 11.4 Å². The molecule has 0 aliphatic heterocycles. The second-order valence-electron chi connectivity index (χ2n) is 4.31. The van der Waals surface area contributed by atoms with Gasteiger partial charge in [-0.05, 0) is 26.0 Å². The lowest BCUT2D eigenvalue weighted by Gasteiger charge is -2.11. The highest BCUT2D eigenvalue weighted by molar-refractivity contribution is 5.66. The number of rotatable bonds is 4. The zero-order valence-electron chi connectivity index (χ0n) is 11.1. The van der Waals surface area contributed by atoms with Gasteiger partial charge in [-0.1, -0.05) is 12.1 Å². The lowest BCUT2D eigenvalue weighted by molar-refractivity contribution is 0.242. The summed E-state index contributed by atoms with van der Waals surface area (Å²) in [6.45, 7) is 3.91. The minimum Gasteiger partial charge on any atom is -0.491 e. The molecule has 0 saturated heterocycles. The second-order valence-corrected chi connectivity index (χ2v) is 4.31. The van der Waals surface area contributed by atoms with E-state index in [0.717, 1.165) is 11.3 Å². The maximum absolute atomic E-state index is 11.7. The summed E-state index contributed by atoms with van der Waals surface area (Å²) in [4.78, 5) is 18.3. The lowest BCUT2D eigenvalue weighted by atomic mass is 10.1. The quantitative estimate of drug-likeness (QED) is 0.915. The number of H-pyrrole nitrogens is 1. The van der Waals surface area contributed by atoms with Crippen LogP contribution < -0.4 is 15.0 Å². The summed E-state index contributed by atoms with van der Waals surface area (Å²) in [5.74, 6) is 0.931. The highest BCUT2D eigenvalue weighted by atomic mass is 16.5. The molecule has 0 aliphatic carbocycles. The predicted octanol–water partition coefficient (Wildman–Crippen LogP) is 2.23. The van der Waals surface area contributed by atoms with E-state index >= 15 is 0 Å². The topological polar surface area (TPSA) is 64.2 Å². The number of benzene rings is 1. The Hall–Kier alpha value is -2.30. The Labute approximate surface area is 111 Å². The van der Waals surface area contributed by atoms with E-state index in [0.29, 0.717) is 5.69 Å². The summed E-state index contributed by atoms with van der Waals surface area (Å²) >= 11 is 0. The first kappa shape index (κ1) is 13.1. The van der Waals surface area contributed by atoms with Gasteiger partial charge in [-0.15, -0.1) is 0 Å². The van der Waals surface area contributed by atoms with Gasteiger partial charge in [-0.25, -0.2) is 4.98 Å². The van der Waals surface area contributed by atoms with Crippen molar-refractivity contribution in [3.63, 3.8) is 0 Å². The molecule has 0 spiro atoms. The Morgan fingerprint density at radius 2 is 2.11 bits per heavy atom. The van der Waals surface area contributed by atoms with E-state index in [9.17, 15) is 4.79 Å². The fraction of sp³-hybridized carbons (Fsp3) is 0.286. The van der Waals surface area contributed by atoms with Gasteiger partial charge in [0, 0.05) is 5.56 Å². The molecule has 1 heterocycles. The average molecular weight is 260 g/mol. The van der Waals surface area contributed by atoms with Crippen molar-refractivity contribution < 1.29 is 9.47 Å². The van der Waals surface area contributed by atoms with Crippen molar-refractivity contribution in [2.45, 2.75) is 20.0 Å². The van der Waals surface area contributed by atoms with E-state index in [2.05, 4.69) is 9.97 Å². The van der Waals surface area contributed by atoms with Crippen LogP contribution in [0.5, 0.6) is 11.5 Å². The van der Waals surface area contributed by atoms with Crippen molar-refractivity contribution >= 4 is 0 Å². The number of methoxy groups -OCH3 is 1. The van der Waals surface area contributed by atoms with Gasteiger partial charge in [0.05, 0.1) is 19.5 Å². The molecule has 0 amide bonds. The normalized spacial score (nSPS) is 10.5. The van der Waals surface area contributed by atoms with E-state index < -0.39 is 0 Å². The molecule has 1 aromatic heterocycles. The van der Waals surface area contributed by atoms with Crippen molar-refractivity contribution in [3.05, 3.63) is 40.9 Å². The number of aromatic amines is 1. The minimum absolute atomic E-state index is 0.0873. The molecule has 0 fully saturated rings. The van der Waals surface area contributed by atoms with Crippen molar-refractivity contribution in [1.82, 2.24) is 9.97 Å². The summed E-state index contributed by atoms with van der Waals surface area (Å²) in [5, 5.41) is 0. The number of aromatic nitrogens is 2. The Morgan fingerprint density at radius 1 is 1.32 bits per heavy atom. The number of hydrogen-bond donors (Lipinski definition) is 1. The summed E-state index contributed by atoms with van der Waals surface area (Å²) in [6.07, 6.45) is 1.44. The smallest absolute Gasteiger partial charge is 0.293 e. The number of nitrogens with one attached hydrogen (secondary N) is 1. The minimum atomic E-state index is -0.303. The molecule has 0 saturated carbocycles. The fourth-order valence-electron chi connectivity index (χ4n) is 1.77. The SMILES string of the molecule is COc1c(-c2cccc(OC(C)C)c2)nc[nH]c1=O. The van der Waals surface area contributed by atoms with Crippen LogP contribution in [0, 0.1) is 0 Å². The van der Waals surface area contributed by atoms with Crippen LogP contribution in [0.3, 0.4) is 0 Å². The first-order valence-electron chi connectivity index (χ1n) is 6.00. The Balaban J connectivity index is 2.47. The molecule has 0 aliphatic rings. The third-order valence-corrected chi connectivity index (χ3v) is 2.49. The van der Waals surface area contributed by atoms with Crippen LogP contribution in [0.15, 0.2) is 35.4 Å². The number of nitrogens with zero attached hydrogens (tertiary/aromatic N) is 1. The molecule has 0 unspecified atom stereocenters. The van der Waals surface area contributed by atoms with Gasteiger partial charge in [0.15, 0.2) is 0 Å². The van der Waals surface area contributed by atoms with Crippen LogP contribution in [0.25, 0.3) is 11.3 Å². The standard InChI is InChI=1S/C14H16N2O3/c1-9(2)19-11-6-4-5-10(7-11)12-13(18-3)14(17)16-8-15-12/h4-9H,1-3H3,(H,15,16,17). The molecule has 19 heavy (non-hydrogen) atoms. The van der Waals surface area contributed by atoms with Gasteiger partial charge in [0.2, 0.25) is 5.75 Å². The van der Waals surface area contributed by atoms with E-state index in [1.54, 1.807) is 0 Å².